The molecule has 4 heteroatoms. The van der Waals surface area contributed by atoms with Crippen LogP contribution in [0.3, 0.4) is 0 Å². The molecule has 1 heterocycles. The van der Waals surface area contributed by atoms with E-state index in [9.17, 15) is 0 Å². The van der Waals surface area contributed by atoms with Gasteiger partial charge in [-0.15, -0.1) is 6.58 Å². The summed E-state index contributed by atoms with van der Waals surface area (Å²) in [4.78, 5) is 4.27. The van der Waals surface area contributed by atoms with Crippen LogP contribution in [-0.4, -0.2) is 24.7 Å². The Hall–Kier alpha value is -1.86. The second-order valence-electron chi connectivity index (χ2n) is 3.58. The number of nitrogens with zero attached hydrogens (tertiary/aromatic N) is 2. The number of hydrogen-bond acceptors (Lipinski definition) is 4. The van der Waals surface area contributed by atoms with Crippen LogP contribution in [0.25, 0.3) is 0 Å². The Morgan fingerprint density at radius 3 is 3.06 bits per heavy atom. The maximum Gasteiger partial charge on any atom is 0.144 e. The number of rotatable bonds is 7. The van der Waals surface area contributed by atoms with Crippen LogP contribution in [0.5, 0.6) is 0 Å². The van der Waals surface area contributed by atoms with Gasteiger partial charge in [0.2, 0.25) is 0 Å². The first-order valence-electron chi connectivity index (χ1n) is 5.58. The summed E-state index contributed by atoms with van der Waals surface area (Å²) in [6.07, 6.45) is 2.68. The van der Waals surface area contributed by atoms with Crippen LogP contribution in [0.15, 0.2) is 24.8 Å². The molecular formula is C13H17N3O. The van der Waals surface area contributed by atoms with Crippen molar-refractivity contribution in [1.82, 2.24) is 4.98 Å². The molecule has 0 unspecified atom stereocenters. The molecule has 90 valence electrons. The first-order chi connectivity index (χ1) is 8.27. The Labute approximate surface area is 102 Å². The molecule has 0 atom stereocenters. The quantitative estimate of drug-likeness (QED) is 0.577. The standard InChI is InChI=1S/C13H17N3O/c1-3-4-8-17-9-7-15-13-12(10-14)6-5-11(2)16-13/h3,5-6H,1,4,7-9H2,2H3,(H,15,16). The molecule has 0 saturated carbocycles. The van der Waals surface area contributed by atoms with E-state index in [1.165, 1.54) is 0 Å². The zero-order valence-electron chi connectivity index (χ0n) is 10.1. The number of pyridine rings is 1. The second kappa shape index (κ2) is 7.42. The van der Waals surface area contributed by atoms with E-state index in [-0.39, 0.29) is 0 Å². The van der Waals surface area contributed by atoms with Gasteiger partial charge in [0, 0.05) is 12.2 Å². The molecule has 4 nitrogen and oxygen atoms in total. The molecule has 0 bridgehead atoms. The number of anilines is 1. The second-order valence-corrected chi connectivity index (χ2v) is 3.58. The molecule has 0 aliphatic rings. The van der Waals surface area contributed by atoms with E-state index in [1.807, 2.05) is 19.1 Å². The Kier molecular flexibility index (Phi) is 5.76. The van der Waals surface area contributed by atoms with Gasteiger partial charge in [0.05, 0.1) is 18.8 Å². The summed E-state index contributed by atoms with van der Waals surface area (Å²) in [6.45, 7) is 7.42. The van der Waals surface area contributed by atoms with Crippen LogP contribution in [0.2, 0.25) is 0 Å². The van der Waals surface area contributed by atoms with Crippen LogP contribution in [0, 0.1) is 18.3 Å². The molecule has 0 radical (unpaired) electrons. The highest BCUT2D eigenvalue weighted by molar-refractivity contribution is 5.52. The Bertz CT molecular complexity index is 410. The maximum atomic E-state index is 8.91. The third-order valence-electron chi connectivity index (χ3n) is 2.16. The Morgan fingerprint density at radius 2 is 2.35 bits per heavy atom. The van der Waals surface area contributed by atoms with Crippen molar-refractivity contribution in [3.8, 4) is 6.07 Å². The number of nitrogens with one attached hydrogen (secondary N) is 1. The Balaban J connectivity index is 2.38. The summed E-state index contributed by atoms with van der Waals surface area (Å²) in [5, 5.41) is 12.0. The maximum absolute atomic E-state index is 8.91. The van der Waals surface area contributed by atoms with Crippen LogP contribution < -0.4 is 5.32 Å². The van der Waals surface area contributed by atoms with Crippen molar-refractivity contribution in [2.75, 3.05) is 25.1 Å². The highest BCUT2D eigenvalue weighted by atomic mass is 16.5. The number of aromatic nitrogens is 1. The summed E-state index contributed by atoms with van der Waals surface area (Å²) >= 11 is 0. The summed E-state index contributed by atoms with van der Waals surface area (Å²) in [5.41, 5.74) is 1.45. The Morgan fingerprint density at radius 1 is 1.53 bits per heavy atom. The van der Waals surface area contributed by atoms with Crippen LogP contribution in [0.4, 0.5) is 5.82 Å². The number of aryl methyl sites for hydroxylation is 1. The summed E-state index contributed by atoms with van der Waals surface area (Å²) in [7, 11) is 0. The fraction of sp³-hybridized carbons (Fsp3) is 0.385. The van der Waals surface area contributed by atoms with E-state index < -0.39 is 0 Å². The minimum Gasteiger partial charge on any atom is -0.379 e. The summed E-state index contributed by atoms with van der Waals surface area (Å²) in [6, 6.07) is 5.70. The normalized spacial score (nSPS) is 9.65. The largest absolute Gasteiger partial charge is 0.379 e. The van der Waals surface area contributed by atoms with Gasteiger partial charge in [0.25, 0.3) is 0 Å². The molecule has 0 aliphatic carbocycles. The van der Waals surface area contributed by atoms with E-state index in [0.29, 0.717) is 31.1 Å². The molecule has 1 aromatic rings. The van der Waals surface area contributed by atoms with Gasteiger partial charge in [0.1, 0.15) is 11.9 Å². The average Bonchev–Trinajstić information content (AvgIpc) is 2.34. The SMILES string of the molecule is C=CCCOCCNc1nc(C)ccc1C#N. The van der Waals surface area contributed by atoms with Crippen molar-refractivity contribution in [2.45, 2.75) is 13.3 Å². The number of ether oxygens (including phenoxy) is 1. The molecule has 0 spiro atoms. The van der Waals surface area contributed by atoms with Crippen molar-refractivity contribution in [2.24, 2.45) is 0 Å². The van der Waals surface area contributed by atoms with Gasteiger partial charge in [-0.1, -0.05) is 6.08 Å². The molecule has 1 N–H and O–H groups in total. The van der Waals surface area contributed by atoms with Crippen molar-refractivity contribution in [3.63, 3.8) is 0 Å². The lowest BCUT2D eigenvalue weighted by Crippen LogP contribution is -2.12. The van der Waals surface area contributed by atoms with Crippen LogP contribution >= 0.6 is 0 Å². The van der Waals surface area contributed by atoms with Gasteiger partial charge in [-0.2, -0.15) is 5.26 Å². The lowest BCUT2D eigenvalue weighted by molar-refractivity contribution is 0.149. The third-order valence-corrected chi connectivity index (χ3v) is 2.16. The third kappa shape index (κ3) is 4.66. The number of hydrogen-bond donors (Lipinski definition) is 1. The monoisotopic (exact) mass is 231 g/mol. The lowest BCUT2D eigenvalue weighted by Gasteiger charge is -2.08. The fourth-order valence-corrected chi connectivity index (χ4v) is 1.29. The molecule has 1 aromatic heterocycles. The molecule has 0 aromatic carbocycles. The zero-order valence-corrected chi connectivity index (χ0v) is 10.1. The molecular weight excluding hydrogens is 214 g/mol. The van der Waals surface area contributed by atoms with Crippen molar-refractivity contribution in [3.05, 3.63) is 36.0 Å². The molecule has 0 saturated heterocycles. The van der Waals surface area contributed by atoms with E-state index in [4.69, 9.17) is 10.00 Å². The summed E-state index contributed by atoms with van der Waals surface area (Å²) in [5.74, 6) is 0.625. The van der Waals surface area contributed by atoms with Crippen molar-refractivity contribution in [1.29, 1.82) is 5.26 Å². The molecule has 1 rings (SSSR count). The van der Waals surface area contributed by atoms with Gasteiger partial charge in [0.15, 0.2) is 0 Å². The van der Waals surface area contributed by atoms with Gasteiger partial charge in [-0.25, -0.2) is 4.98 Å². The molecule has 17 heavy (non-hydrogen) atoms. The number of nitriles is 1. The smallest absolute Gasteiger partial charge is 0.144 e. The van der Waals surface area contributed by atoms with Crippen LogP contribution in [-0.2, 0) is 4.74 Å². The van der Waals surface area contributed by atoms with E-state index in [0.717, 1.165) is 12.1 Å². The molecule has 0 amide bonds. The van der Waals surface area contributed by atoms with Crippen molar-refractivity contribution < 1.29 is 4.74 Å². The van der Waals surface area contributed by atoms with Gasteiger partial charge < -0.3 is 10.1 Å². The minimum atomic E-state index is 0.557. The first kappa shape index (κ1) is 13.2. The lowest BCUT2D eigenvalue weighted by atomic mass is 10.2. The highest BCUT2D eigenvalue weighted by Gasteiger charge is 2.02. The molecule has 0 fully saturated rings. The van der Waals surface area contributed by atoms with Gasteiger partial charge in [-0.3, -0.25) is 0 Å². The van der Waals surface area contributed by atoms with E-state index in [2.05, 4.69) is 22.9 Å². The van der Waals surface area contributed by atoms with Gasteiger partial charge in [-0.05, 0) is 25.5 Å². The van der Waals surface area contributed by atoms with Crippen LogP contribution in [0.1, 0.15) is 17.7 Å². The highest BCUT2D eigenvalue weighted by Crippen LogP contribution is 2.11. The molecule has 0 aliphatic heterocycles. The van der Waals surface area contributed by atoms with Gasteiger partial charge >= 0.3 is 0 Å². The average molecular weight is 231 g/mol. The van der Waals surface area contributed by atoms with E-state index in [1.54, 1.807) is 6.07 Å². The topological polar surface area (TPSA) is 57.9 Å². The predicted octanol–water partition coefficient (Wildman–Crippen LogP) is 2.27. The zero-order chi connectivity index (χ0) is 12.5. The summed E-state index contributed by atoms with van der Waals surface area (Å²) < 4.78 is 5.36. The minimum absolute atomic E-state index is 0.557. The van der Waals surface area contributed by atoms with E-state index >= 15 is 0 Å². The first-order valence-corrected chi connectivity index (χ1v) is 5.58. The predicted molar refractivity (Wildman–Crippen MR) is 67.8 cm³/mol. The van der Waals surface area contributed by atoms with Crippen molar-refractivity contribution >= 4 is 5.82 Å². The fourth-order valence-electron chi connectivity index (χ4n) is 1.29.